The minimum absolute atomic E-state index is 0.0611. The van der Waals surface area contributed by atoms with Crippen molar-refractivity contribution in [1.29, 1.82) is 0 Å². The molecule has 0 aromatic carbocycles. The number of hydrogen-bond donors (Lipinski definition) is 2. The fourth-order valence-electron chi connectivity index (χ4n) is 3.10. The van der Waals surface area contributed by atoms with Crippen molar-refractivity contribution in [3.05, 3.63) is 32.7 Å². The van der Waals surface area contributed by atoms with Gasteiger partial charge >= 0.3 is 0 Å². The van der Waals surface area contributed by atoms with Crippen LogP contribution < -0.4 is 11.3 Å². The van der Waals surface area contributed by atoms with Crippen LogP contribution in [0.1, 0.15) is 29.6 Å². The van der Waals surface area contributed by atoms with Crippen molar-refractivity contribution in [1.82, 2.24) is 9.88 Å². The molecule has 1 aliphatic heterocycles. The number of rotatable bonds is 1. The molecule has 3 rings (SSSR count). The number of H-pyrrole nitrogens is 1. The molecule has 1 aliphatic carbocycles. The number of likely N-dealkylation sites (tertiary alicyclic amines) is 1. The molecule has 2 heterocycles. The van der Waals surface area contributed by atoms with Crippen LogP contribution in [0.2, 0.25) is 0 Å². The van der Waals surface area contributed by atoms with Gasteiger partial charge in [0.15, 0.2) is 0 Å². The average molecular weight is 326 g/mol. The molecule has 2 fully saturated rings. The van der Waals surface area contributed by atoms with E-state index in [2.05, 4.69) is 20.9 Å². The second-order valence-corrected chi connectivity index (χ2v) is 6.42. The molecule has 1 unspecified atom stereocenters. The molecule has 3 N–H and O–H groups in total. The predicted molar refractivity (Wildman–Crippen MR) is 74.9 cm³/mol. The summed E-state index contributed by atoms with van der Waals surface area (Å²) in [6.07, 6.45) is 4.91. The van der Waals surface area contributed by atoms with Gasteiger partial charge in [-0.15, -0.1) is 0 Å². The van der Waals surface area contributed by atoms with Crippen molar-refractivity contribution in [2.75, 3.05) is 13.1 Å². The van der Waals surface area contributed by atoms with Gasteiger partial charge in [-0.2, -0.15) is 0 Å². The number of carbonyl (C=O) groups excluding carboxylic acids is 1. The molecule has 1 aromatic heterocycles. The van der Waals surface area contributed by atoms with E-state index >= 15 is 0 Å². The highest BCUT2D eigenvalue weighted by Crippen LogP contribution is 2.47. The monoisotopic (exact) mass is 325 g/mol. The third kappa shape index (κ3) is 2.03. The minimum Gasteiger partial charge on any atom is -0.336 e. The molecule has 0 bridgehead atoms. The van der Waals surface area contributed by atoms with E-state index in [1.54, 1.807) is 4.90 Å². The van der Waals surface area contributed by atoms with Crippen LogP contribution in [0.15, 0.2) is 21.5 Å². The molecule has 1 spiro atoms. The molecule has 6 heteroatoms. The molecular formula is C13H16BrN3O2. The number of nitrogens with zero attached hydrogens (tertiary/aromatic N) is 1. The molecule has 5 nitrogen and oxygen atoms in total. The summed E-state index contributed by atoms with van der Waals surface area (Å²) in [5.41, 5.74) is 6.44. The number of aromatic nitrogens is 1. The van der Waals surface area contributed by atoms with Gasteiger partial charge in [0, 0.05) is 41.3 Å². The van der Waals surface area contributed by atoms with Crippen molar-refractivity contribution in [3.63, 3.8) is 0 Å². The second-order valence-electron chi connectivity index (χ2n) is 5.57. The van der Waals surface area contributed by atoms with Gasteiger partial charge in [0.2, 0.25) is 5.56 Å². The lowest BCUT2D eigenvalue weighted by atomic mass is 9.66. The van der Waals surface area contributed by atoms with Crippen LogP contribution in [-0.4, -0.2) is 34.9 Å². The first kappa shape index (κ1) is 12.9. The minimum atomic E-state index is -0.270. The second kappa shape index (κ2) is 4.45. The number of hydrogen-bond acceptors (Lipinski definition) is 3. The third-order valence-electron chi connectivity index (χ3n) is 4.45. The van der Waals surface area contributed by atoms with E-state index in [4.69, 9.17) is 5.73 Å². The number of amides is 1. The van der Waals surface area contributed by atoms with Gasteiger partial charge < -0.3 is 15.6 Å². The van der Waals surface area contributed by atoms with E-state index in [1.165, 1.54) is 18.7 Å². The highest BCUT2D eigenvalue weighted by Gasteiger charge is 2.50. The summed E-state index contributed by atoms with van der Waals surface area (Å²) in [6, 6.07) is 1.40. The Labute approximate surface area is 119 Å². The van der Waals surface area contributed by atoms with Gasteiger partial charge in [-0.3, -0.25) is 9.59 Å². The Morgan fingerprint density at radius 2 is 2.26 bits per heavy atom. The van der Waals surface area contributed by atoms with Gasteiger partial charge in [-0.05, 0) is 28.8 Å². The van der Waals surface area contributed by atoms with Gasteiger partial charge in [-0.25, -0.2) is 0 Å². The average Bonchev–Trinajstić information content (AvgIpc) is 2.69. The summed E-state index contributed by atoms with van der Waals surface area (Å²) < 4.78 is 0.611. The van der Waals surface area contributed by atoms with Crippen molar-refractivity contribution in [3.8, 4) is 0 Å². The van der Waals surface area contributed by atoms with Gasteiger partial charge in [0.25, 0.3) is 5.91 Å². The highest BCUT2D eigenvalue weighted by atomic mass is 79.9. The topological polar surface area (TPSA) is 79.2 Å². The van der Waals surface area contributed by atoms with Crippen molar-refractivity contribution in [2.45, 2.75) is 25.3 Å². The lowest BCUT2D eigenvalue weighted by Gasteiger charge is -2.41. The van der Waals surface area contributed by atoms with Crippen LogP contribution in [0.25, 0.3) is 0 Å². The lowest BCUT2D eigenvalue weighted by molar-refractivity contribution is 0.0725. The lowest BCUT2D eigenvalue weighted by Crippen LogP contribution is -2.45. The Kier molecular flexibility index (Phi) is 3.02. The molecule has 19 heavy (non-hydrogen) atoms. The van der Waals surface area contributed by atoms with Crippen LogP contribution in [-0.2, 0) is 0 Å². The fraction of sp³-hybridized carbons (Fsp3) is 0.538. The Morgan fingerprint density at radius 1 is 1.53 bits per heavy atom. The first-order valence-corrected chi connectivity index (χ1v) is 7.24. The van der Waals surface area contributed by atoms with E-state index in [1.807, 2.05) is 0 Å². The molecule has 1 atom stereocenters. The van der Waals surface area contributed by atoms with Crippen molar-refractivity contribution >= 4 is 21.8 Å². The zero-order valence-corrected chi connectivity index (χ0v) is 12.1. The van der Waals surface area contributed by atoms with Crippen LogP contribution in [0.4, 0.5) is 0 Å². The number of carbonyl (C=O) groups is 1. The van der Waals surface area contributed by atoms with Crippen LogP contribution in [0.5, 0.6) is 0 Å². The normalized spacial score (nSPS) is 24.5. The Bertz CT molecular complexity index is 579. The smallest absolute Gasteiger partial charge is 0.255 e. The fourth-order valence-corrected chi connectivity index (χ4v) is 3.49. The van der Waals surface area contributed by atoms with E-state index in [-0.39, 0.29) is 22.9 Å². The summed E-state index contributed by atoms with van der Waals surface area (Å²) in [5, 5.41) is 0. The van der Waals surface area contributed by atoms with Crippen LogP contribution >= 0.6 is 15.9 Å². The molecule has 102 valence electrons. The Morgan fingerprint density at radius 3 is 2.84 bits per heavy atom. The maximum absolute atomic E-state index is 12.5. The molecule has 1 amide bonds. The highest BCUT2D eigenvalue weighted by molar-refractivity contribution is 9.10. The van der Waals surface area contributed by atoms with Gasteiger partial charge in [-0.1, -0.05) is 6.42 Å². The summed E-state index contributed by atoms with van der Waals surface area (Å²) in [7, 11) is 0. The number of halogens is 1. The quantitative estimate of drug-likeness (QED) is 0.811. The standard InChI is InChI=1S/C13H16BrN3O2/c14-9-5-16-11(18)4-8(9)12(19)17-6-10(15)13(7-17)2-1-3-13/h4-5,10H,1-3,6-7,15H2,(H,16,18). The zero-order chi connectivity index (χ0) is 13.6. The molecule has 1 saturated heterocycles. The summed E-state index contributed by atoms with van der Waals surface area (Å²) in [6.45, 7) is 1.30. The molecular weight excluding hydrogens is 310 g/mol. The summed E-state index contributed by atoms with van der Waals surface area (Å²) in [4.78, 5) is 28.1. The molecule has 0 radical (unpaired) electrons. The number of aromatic amines is 1. The predicted octanol–water partition coefficient (Wildman–Crippen LogP) is 1.09. The SMILES string of the molecule is NC1CN(C(=O)c2cc(=O)[nH]cc2Br)CC12CCC2. The van der Waals surface area contributed by atoms with Crippen LogP contribution in [0, 0.1) is 5.41 Å². The van der Waals surface area contributed by atoms with Crippen LogP contribution in [0.3, 0.4) is 0 Å². The summed E-state index contributed by atoms with van der Waals surface area (Å²) in [5.74, 6) is -0.114. The Hall–Kier alpha value is -1.14. The number of pyridine rings is 1. The largest absolute Gasteiger partial charge is 0.336 e. The van der Waals surface area contributed by atoms with E-state index < -0.39 is 0 Å². The first-order chi connectivity index (χ1) is 9.02. The van der Waals surface area contributed by atoms with E-state index in [9.17, 15) is 9.59 Å². The van der Waals surface area contributed by atoms with Crippen molar-refractivity contribution in [2.24, 2.45) is 11.1 Å². The molecule has 1 saturated carbocycles. The number of nitrogens with one attached hydrogen (secondary N) is 1. The first-order valence-electron chi connectivity index (χ1n) is 6.45. The zero-order valence-electron chi connectivity index (χ0n) is 10.5. The molecule has 1 aromatic rings. The number of nitrogens with two attached hydrogens (primary N) is 1. The maximum atomic E-state index is 12.5. The third-order valence-corrected chi connectivity index (χ3v) is 5.11. The van der Waals surface area contributed by atoms with E-state index in [0.29, 0.717) is 23.1 Å². The van der Waals surface area contributed by atoms with Gasteiger partial charge in [0.05, 0.1) is 5.56 Å². The maximum Gasteiger partial charge on any atom is 0.255 e. The Balaban J connectivity index is 1.85. The van der Waals surface area contributed by atoms with Crippen molar-refractivity contribution < 1.29 is 4.79 Å². The summed E-state index contributed by atoms with van der Waals surface area (Å²) >= 11 is 3.30. The van der Waals surface area contributed by atoms with Gasteiger partial charge in [0.1, 0.15) is 0 Å². The van der Waals surface area contributed by atoms with E-state index in [0.717, 1.165) is 12.8 Å². The molecule has 2 aliphatic rings.